The number of phenols is 1. The predicted molar refractivity (Wildman–Crippen MR) is 112 cm³/mol. The van der Waals surface area contributed by atoms with E-state index in [0.717, 1.165) is 35.0 Å². The minimum atomic E-state index is -0.274. The molecule has 2 N–H and O–H groups in total. The maximum absolute atomic E-state index is 12.7. The molecule has 0 bridgehead atoms. The van der Waals surface area contributed by atoms with Crippen molar-refractivity contribution in [2.45, 2.75) is 18.8 Å². The Hall–Kier alpha value is -2.25. The topological polar surface area (TPSA) is 74.6 Å². The number of hydrogen-bond donors (Lipinski definition) is 2. The number of hydrazone groups is 1. The summed E-state index contributed by atoms with van der Waals surface area (Å²) in [4.78, 5) is 17.4. The second kappa shape index (κ2) is 7.40. The Morgan fingerprint density at radius 3 is 2.59 bits per heavy atom. The fourth-order valence-corrected chi connectivity index (χ4v) is 4.08. The largest absolute Gasteiger partial charge is 0.506 e. The molecule has 7 heteroatoms. The number of hydrogen-bond acceptors (Lipinski definition) is 4. The number of para-hydroxylation sites is 1. The molecule has 0 atom stereocenters. The van der Waals surface area contributed by atoms with Crippen LogP contribution in [0.1, 0.15) is 40.4 Å². The summed E-state index contributed by atoms with van der Waals surface area (Å²) in [7, 11) is 0. The Morgan fingerprint density at radius 1 is 1.19 bits per heavy atom. The first kappa shape index (κ1) is 18.1. The Bertz CT molecular complexity index is 1060. The van der Waals surface area contributed by atoms with Crippen molar-refractivity contribution in [2.75, 3.05) is 0 Å². The smallest absolute Gasteiger partial charge is 0.272 e. The van der Waals surface area contributed by atoms with E-state index in [1.807, 2.05) is 30.3 Å². The van der Waals surface area contributed by atoms with Gasteiger partial charge >= 0.3 is 0 Å². The van der Waals surface area contributed by atoms with Crippen molar-refractivity contribution in [3.63, 3.8) is 0 Å². The molecule has 1 aliphatic carbocycles. The summed E-state index contributed by atoms with van der Waals surface area (Å²) in [5.74, 6) is 0.298. The lowest BCUT2D eigenvalue weighted by Gasteiger charge is -2.08. The number of phenolic OH excluding ortho intramolecular Hbond substituents is 1. The number of nitrogens with one attached hydrogen (secondary N) is 1. The number of nitrogens with zero attached hydrogens (tertiary/aromatic N) is 2. The third-order valence-electron chi connectivity index (χ3n) is 4.40. The zero-order valence-electron chi connectivity index (χ0n) is 14.1. The van der Waals surface area contributed by atoms with Gasteiger partial charge in [-0.05, 0) is 74.5 Å². The number of aromatic hydroxyl groups is 1. The van der Waals surface area contributed by atoms with Crippen LogP contribution in [0.2, 0.25) is 0 Å². The summed E-state index contributed by atoms with van der Waals surface area (Å²) < 4.78 is 1.08. The minimum absolute atomic E-state index is 0.118. The number of rotatable bonds is 4. The Kier molecular flexibility index (Phi) is 4.97. The summed E-state index contributed by atoms with van der Waals surface area (Å²) in [6.07, 6.45) is 3.77. The highest BCUT2D eigenvalue weighted by Crippen LogP contribution is 2.40. The van der Waals surface area contributed by atoms with Crippen molar-refractivity contribution < 1.29 is 9.90 Å². The Morgan fingerprint density at radius 2 is 1.89 bits per heavy atom. The van der Waals surface area contributed by atoms with Crippen LogP contribution in [-0.2, 0) is 0 Å². The fourth-order valence-electron chi connectivity index (χ4n) is 2.86. The van der Waals surface area contributed by atoms with E-state index in [9.17, 15) is 9.90 Å². The zero-order valence-corrected chi connectivity index (χ0v) is 17.3. The van der Waals surface area contributed by atoms with Crippen LogP contribution in [0, 0.1) is 0 Å². The van der Waals surface area contributed by atoms with E-state index in [2.05, 4.69) is 47.4 Å². The van der Waals surface area contributed by atoms with Gasteiger partial charge < -0.3 is 5.11 Å². The van der Waals surface area contributed by atoms with Gasteiger partial charge in [0.1, 0.15) is 5.75 Å². The lowest BCUT2D eigenvalue weighted by molar-refractivity contribution is 0.0956. The van der Waals surface area contributed by atoms with Crippen LogP contribution >= 0.6 is 31.9 Å². The number of carbonyl (C=O) groups excluding carboxylic acids is 1. The molecule has 0 unspecified atom stereocenters. The molecule has 1 saturated carbocycles. The summed E-state index contributed by atoms with van der Waals surface area (Å²) in [6.45, 7) is 0. The number of benzene rings is 2. The summed E-state index contributed by atoms with van der Waals surface area (Å²) >= 11 is 6.55. The monoisotopic (exact) mass is 487 g/mol. The Balaban J connectivity index is 1.60. The van der Waals surface area contributed by atoms with Gasteiger partial charge in [0.25, 0.3) is 5.91 Å². The fraction of sp³-hybridized carbons (Fsp3) is 0.150. The zero-order chi connectivity index (χ0) is 19.0. The average molecular weight is 489 g/mol. The number of aromatic nitrogens is 1. The maximum Gasteiger partial charge on any atom is 0.272 e. The molecule has 4 rings (SSSR count). The molecule has 3 aromatic rings. The molecule has 0 spiro atoms. The molecule has 0 saturated heterocycles. The van der Waals surface area contributed by atoms with Gasteiger partial charge in [-0.3, -0.25) is 9.78 Å². The molecule has 1 amide bonds. The second-order valence-electron chi connectivity index (χ2n) is 6.42. The van der Waals surface area contributed by atoms with Crippen molar-refractivity contribution in [1.29, 1.82) is 0 Å². The van der Waals surface area contributed by atoms with Crippen LogP contribution in [0.4, 0.5) is 0 Å². The highest BCUT2D eigenvalue weighted by Gasteiger charge is 2.26. The molecule has 1 aliphatic rings. The van der Waals surface area contributed by atoms with Gasteiger partial charge in [0.15, 0.2) is 0 Å². The van der Waals surface area contributed by atoms with Crippen molar-refractivity contribution in [2.24, 2.45) is 5.10 Å². The van der Waals surface area contributed by atoms with Crippen molar-refractivity contribution in [1.82, 2.24) is 10.4 Å². The molecular formula is C20H15Br2N3O2. The van der Waals surface area contributed by atoms with Gasteiger partial charge in [0.05, 0.1) is 26.2 Å². The van der Waals surface area contributed by atoms with E-state index >= 15 is 0 Å². The number of halogens is 2. The van der Waals surface area contributed by atoms with Crippen LogP contribution in [0.3, 0.4) is 0 Å². The third kappa shape index (κ3) is 3.89. The van der Waals surface area contributed by atoms with E-state index in [1.165, 1.54) is 6.21 Å². The summed E-state index contributed by atoms with van der Waals surface area (Å²) in [5.41, 5.74) is 5.68. The number of carbonyl (C=O) groups is 1. The van der Waals surface area contributed by atoms with E-state index in [0.29, 0.717) is 20.4 Å². The molecular weight excluding hydrogens is 474 g/mol. The van der Waals surface area contributed by atoms with Gasteiger partial charge in [-0.2, -0.15) is 5.10 Å². The SMILES string of the molecule is O=C(N/N=C/c1cc(Br)c(O)c(Br)c1)c1cc(C2CC2)nc2ccccc12. The first-order valence-corrected chi connectivity index (χ1v) is 10.0. The third-order valence-corrected chi connectivity index (χ3v) is 5.60. The molecule has 1 fully saturated rings. The lowest BCUT2D eigenvalue weighted by atomic mass is 10.1. The van der Waals surface area contributed by atoms with Crippen LogP contribution in [0.15, 0.2) is 56.5 Å². The lowest BCUT2D eigenvalue weighted by Crippen LogP contribution is -2.18. The second-order valence-corrected chi connectivity index (χ2v) is 8.13. The van der Waals surface area contributed by atoms with Gasteiger partial charge in [-0.1, -0.05) is 18.2 Å². The van der Waals surface area contributed by atoms with Crippen molar-refractivity contribution in [3.05, 3.63) is 68.2 Å². The van der Waals surface area contributed by atoms with Crippen LogP contribution in [0.25, 0.3) is 10.9 Å². The highest BCUT2D eigenvalue weighted by atomic mass is 79.9. The normalized spacial score (nSPS) is 14.0. The molecule has 1 aromatic heterocycles. The summed E-state index contributed by atoms with van der Waals surface area (Å²) in [6, 6.07) is 12.9. The van der Waals surface area contributed by atoms with Crippen LogP contribution in [-0.4, -0.2) is 22.2 Å². The maximum atomic E-state index is 12.7. The van der Waals surface area contributed by atoms with Gasteiger partial charge in [0, 0.05) is 17.0 Å². The van der Waals surface area contributed by atoms with E-state index in [1.54, 1.807) is 12.1 Å². The van der Waals surface area contributed by atoms with Crippen molar-refractivity contribution in [3.8, 4) is 5.75 Å². The van der Waals surface area contributed by atoms with Gasteiger partial charge in [-0.25, -0.2) is 5.43 Å². The quantitative estimate of drug-likeness (QED) is 0.396. The van der Waals surface area contributed by atoms with E-state index < -0.39 is 0 Å². The minimum Gasteiger partial charge on any atom is -0.506 e. The molecule has 1 heterocycles. The van der Waals surface area contributed by atoms with Gasteiger partial charge in [-0.15, -0.1) is 0 Å². The standard InChI is InChI=1S/C20H15Br2N3O2/c21-15-7-11(8-16(22)19(15)26)10-23-25-20(27)14-9-18(12-5-6-12)24-17-4-2-1-3-13(14)17/h1-4,7-10,12,26H,5-6H2,(H,25,27)/b23-10+. The molecule has 0 radical (unpaired) electrons. The van der Waals surface area contributed by atoms with E-state index in [-0.39, 0.29) is 11.7 Å². The molecule has 27 heavy (non-hydrogen) atoms. The van der Waals surface area contributed by atoms with Gasteiger partial charge in [0.2, 0.25) is 0 Å². The number of pyridine rings is 1. The predicted octanol–water partition coefficient (Wildman–Crippen LogP) is 5.11. The molecule has 2 aromatic carbocycles. The highest BCUT2D eigenvalue weighted by molar-refractivity contribution is 9.11. The van der Waals surface area contributed by atoms with E-state index in [4.69, 9.17) is 0 Å². The first-order chi connectivity index (χ1) is 13.0. The summed E-state index contributed by atoms with van der Waals surface area (Å²) in [5, 5.41) is 14.6. The van der Waals surface area contributed by atoms with Crippen LogP contribution < -0.4 is 5.43 Å². The first-order valence-electron chi connectivity index (χ1n) is 8.44. The molecule has 0 aliphatic heterocycles. The number of amides is 1. The number of fused-ring (bicyclic) bond motifs is 1. The Labute approximate surface area is 172 Å². The molecule has 136 valence electrons. The van der Waals surface area contributed by atoms with Crippen LogP contribution in [0.5, 0.6) is 5.75 Å². The van der Waals surface area contributed by atoms with Crippen molar-refractivity contribution >= 4 is 54.9 Å². The molecule has 5 nitrogen and oxygen atoms in total. The average Bonchev–Trinajstić information content (AvgIpc) is 3.50.